The van der Waals surface area contributed by atoms with E-state index in [4.69, 9.17) is 4.74 Å². The Morgan fingerprint density at radius 2 is 1.19 bits per heavy atom. The molecule has 0 atom stereocenters. The molecule has 0 bridgehead atoms. The molecule has 0 amide bonds. The van der Waals surface area contributed by atoms with Crippen molar-refractivity contribution in [3.05, 3.63) is 109 Å². The molecular weight excluding hydrogens is 639 g/mol. The number of hydrogen-bond acceptors (Lipinski definition) is 2. The molecule has 0 aliphatic heterocycles. The van der Waals surface area contributed by atoms with E-state index in [0.717, 1.165) is 62.7 Å². The Morgan fingerprint density at radius 1 is 0.577 bits per heavy atom. The van der Waals surface area contributed by atoms with Gasteiger partial charge in [0.15, 0.2) is 0 Å². The molecule has 52 heavy (non-hydrogen) atoms. The second-order valence-electron chi connectivity index (χ2n) is 15.0. The van der Waals surface area contributed by atoms with Crippen molar-refractivity contribution in [3.63, 3.8) is 0 Å². The number of ether oxygens (including phenoxy) is 1. The van der Waals surface area contributed by atoms with Crippen molar-refractivity contribution in [2.24, 2.45) is 5.92 Å². The van der Waals surface area contributed by atoms with Crippen LogP contribution in [-0.4, -0.2) is 52.1 Å². The van der Waals surface area contributed by atoms with E-state index in [9.17, 15) is 0 Å². The van der Waals surface area contributed by atoms with Gasteiger partial charge in [-0.05, 0) is 74.0 Å². The van der Waals surface area contributed by atoms with E-state index in [-0.39, 0.29) is 0 Å². The van der Waals surface area contributed by atoms with Gasteiger partial charge in [-0.3, -0.25) is 0 Å². The lowest BCUT2D eigenvalue weighted by molar-refractivity contribution is 0.293. The summed E-state index contributed by atoms with van der Waals surface area (Å²) in [6.07, 6.45) is 5.56. The van der Waals surface area contributed by atoms with Crippen molar-refractivity contribution in [1.82, 2.24) is 24.8 Å². The van der Waals surface area contributed by atoms with Gasteiger partial charge in [-0.25, -0.2) is 0 Å². The van der Waals surface area contributed by atoms with Crippen molar-refractivity contribution in [1.29, 1.82) is 0 Å². The van der Waals surface area contributed by atoms with Gasteiger partial charge in [0.05, 0.1) is 28.5 Å². The van der Waals surface area contributed by atoms with E-state index in [1.54, 1.807) is 0 Å². The van der Waals surface area contributed by atoms with Crippen molar-refractivity contribution >= 4 is 93.3 Å². The number of aromatic amines is 4. The first-order chi connectivity index (χ1) is 25.4. The fourth-order valence-electron chi connectivity index (χ4n) is 8.19. The number of nitrogens with one attached hydrogen (secondary N) is 4. The SMILES string of the molecule is CC(C)CCOc1cc2c3ccc(-c4ccc5c(c4)[nH]c4cc6c([nH]c7ccccc76)c(/C=C\CN(C)C)c45)cc3[nH]c2c2[nH]c3ccccc3c12. The normalized spacial score (nSPS) is 12.7. The van der Waals surface area contributed by atoms with Crippen molar-refractivity contribution in [2.75, 3.05) is 27.2 Å². The zero-order valence-corrected chi connectivity index (χ0v) is 29.9. The van der Waals surface area contributed by atoms with Gasteiger partial charge in [0.25, 0.3) is 0 Å². The number of hydrogen-bond donors (Lipinski definition) is 4. The van der Waals surface area contributed by atoms with Gasteiger partial charge in [-0.15, -0.1) is 0 Å². The molecule has 4 N–H and O–H groups in total. The van der Waals surface area contributed by atoms with Crippen LogP contribution in [-0.2, 0) is 0 Å². The molecule has 10 rings (SSSR count). The molecule has 0 fully saturated rings. The summed E-state index contributed by atoms with van der Waals surface area (Å²) in [6, 6.07) is 35.3. The van der Waals surface area contributed by atoms with E-state index < -0.39 is 0 Å². The van der Waals surface area contributed by atoms with E-state index >= 15 is 0 Å². The number of aromatic nitrogens is 4. The van der Waals surface area contributed by atoms with E-state index in [0.29, 0.717) is 12.5 Å². The third kappa shape index (κ3) is 4.82. The quantitative estimate of drug-likeness (QED) is 0.129. The summed E-state index contributed by atoms with van der Waals surface area (Å²) in [5.74, 6) is 1.52. The second-order valence-corrected chi connectivity index (χ2v) is 15.0. The van der Waals surface area contributed by atoms with Gasteiger partial charge in [0.1, 0.15) is 5.75 Å². The largest absolute Gasteiger partial charge is 0.493 e. The Balaban J connectivity index is 1.12. The fraction of sp³-hybridized carbons (Fsp3) is 0.174. The highest BCUT2D eigenvalue weighted by atomic mass is 16.5. The Hall–Kier alpha value is -5.98. The summed E-state index contributed by atoms with van der Waals surface area (Å²) < 4.78 is 6.52. The minimum absolute atomic E-state index is 0.583. The fourth-order valence-corrected chi connectivity index (χ4v) is 8.19. The molecule has 4 aromatic heterocycles. The smallest absolute Gasteiger partial charge is 0.130 e. The van der Waals surface area contributed by atoms with Crippen LogP contribution in [0.2, 0.25) is 0 Å². The monoisotopic (exact) mass is 679 g/mol. The Labute approximate surface area is 301 Å². The molecule has 256 valence electrons. The lowest BCUT2D eigenvalue weighted by Crippen LogP contribution is -2.10. The third-order valence-corrected chi connectivity index (χ3v) is 10.8. The first kappa shape index (κ1) is 30.8. The number of H-pyrrole nitrogens is 4. The van der Waals surface area contributed by atoms with Gasteiger partial charge in [-0.1, -0.05) is 86.7 Å². The number of likely N-dealkylation sites (N-methyl/N-ethyl adjacent to an activating group) is 1. The maximum Gasteiger partial charge on any atom is 0.130 e. The zero-order chi connectivity index (χ0) is 35.1. The zero-order valence-electron chi connectivity index (χ0n) is 29.9. The van der Waals surface area contributed by atoms with Crippen molar-refractivity contribution < 1.29 is 4.74 Å². The maximum absolute atomic E-state index is 6.52. The molecule has 4 heterocycles. The summed E-state index contributed by atoms with van der Waals surface area (Å²) in [6.45, 7) is 6.05. The van der Waals surface area contributed by atoms with Crippen LogP contribution >= 0.6 is 0 Å². The van der Waals surface area contributed by atoms with Crippen LogP contribution in [0.3, 0.4) is 0 Å². The first-order valence-corrected chi connectivity index (χ1v) is 18.3. The Kier molecular flexibility index (Phi) is 6.99. The number of nitrogens with zero attached hydrogens (tertiary/aromatic N) is 1. The summed E-state index contributed by atoms with van der Waals surface area (Å²) in [5.41, 5.74) is 12.6. The van der Waals surface area contributed by atoms with Gasteiger partial charge >= 0.3 is 0 Å². The topological polar surface area (TPSA) is 75.6 Å². The predicted molar refractivity (Wildman–Crippen MR) is 222 cm³/mol. The minimum Gasteiger partial charge on any atom is -0.493 e. The Morgan fingerprint density at radius 3 is 1.96 bits per heavy atom. The van der Waals surface area contributed by atoms with Crippen LogP contribution in [0.25, 0.3) is 104 Å². The van der Waals surface area contributed by atoms with Gasteiger partial charge in [-0.2, -0.15) is 0 Å². The number of fused-ring (bicyclic) bond motifs is 13. The number of rotatable bonds is 8. The van der Waals surface area contributed by atoms with Gasteiger partial charge in [0.2, 0.25) is 0 Å². The van der Waals surface area contributed by atoms with Gasteiger partial charge < -0.3 is 29.6 Å². The van der Waals surface area contributed by atoms with Crippen LogP contribution in [0.5, 0.6) is 5.75 Å². The van der Waals surface area contributed by atoms with E-state index in [1.807, 2.05) is 0 Å². The maximum atomic E-state index is 6.52. The summed E-state index contributed by atoms with van der Waals surface area (Å²) in [7, 11) is 4.21. The highest BCUT2D eigenvalue weighted by molar-refractivity contribution is 6.25. The van der Waals surface area contributed by atoms with E-state index in [2.05, 4.69) is 162 Å². The highest BCUT2D eigenvalue weighted by Gasteiger charge is 2.19. The van der Waals surface area contributed by atoms with Crippen LogP contribution in [0.4, 0.5) is 0 Å². The van der Waals surface area contributed by atoms with Crippen molar-refractivity contribution in [2.45, 2.75) is 20.3 Å². The molecule has 0 spiro atoms. The van der Waals surface area contributed by atoms with Gasteiger partial charge in [0, 0.05) is 77.4 Å². The molecule has 0 aliphatic rings. The minimum atomic E-state index is 0.583. The lowest BCUT2D eigenvalue weighted by Gasteiger charge is -2.10. The molecular formula is C46H41N5O. The molecule has 6 aromatic carbocycles. The molecule has 0 aliphatic carbocycles. The van der Waals surface area contributed by atoms with Crippen LogP contribution in [0.15, 0.2) is 103 Å². The molecule has 0 unspecified atom stereocenters. The van der Waals surface area contributed by atoms with E-state index in [1.165, 1.54) is 59.9 Å². The molecule has 10 aromatic rings. The average molecular weight is 680 g/mol. The Bertz CT molecular complexity index is 3040. The molecule has 6 nitrogen and oxygen atoms in total. The summed E-state index contributed by atoms with van der Waals surface area (Å²) in [4.78, 5) is 17.3. The van der Waals surface area contributed by atoms with Crippen LogP contribution < -0.4 is 4.74 Å². The molecule has 0 saturated carbocycles. The van der Waals surface area contributed by atoms with Crippen LogP contribution in [0, 0.1) is 5.92 Å². The predicted octanol–water partition coefficient (Wildman–Crippen LogP) is 11.9. The average Bonchev–Trinajstić information content (AvgIpc) is 3.90. The molecule has 0 radical (unpaired) electrons. The third-order valence-electron chi connectivity index (χ3n) is 10.8. The standard InChI is InChI=1S/C46H41N5O/c1-26(2)19-21-52-41-25-35-30-17-15-27(22-38(30)50-45(35)46-43(41)31-11-6-8-14-37(31)49-46)28-16-18-32-39(23-28)47-40-24-34-29-10-5-7-13-36(29)48-44(34)33(42(32)40)12-9-20-51(3)4/h5-18,22-26,47-50H,19-21H2,1-4H3/b12-9-. The summed E-state index contributed by atoms with van der Waals surface area (Å²) >= 11 is 0. The summed E-state index contributed by atoms with van der Waals surface area (Å²) in [5, 5.41) is 9.64. The second kappa shape index (κ2) is 11.8. The first-order valence-electron chi connectivity index (χ1n) is 18.3. The number of benzene rings is 6. The number of para-hydroxylation sites is 2. The molecule has 0 saturated heterocycles. The lowest BCUT2D eigenvalue weighted by atomic mass is 9.99. The molecule has 6 heteroatoms. The van der Waals surface area contributed by atoms with Crippen molar-refractivity contribution in [3.8, 4) is 16.9 Å². The van der Waals surface area contributed by atoms with Crippen LogP contribution in [0.1, 0.15) is 25.8 Å². The highest BCUT2D eigenvalue weighted by Crippen LogP contribution is 2.43.